The van der Waals surface area contributed by atoms with Crippen LogP contribution in [-0.4, -0.2) is 50.9 Å². The lowest BCUT2D eigenvalue weighted by Crippen LogP contribution is -2.33. The van der Waals surface area contributed by atoms with Crippen molar-refractivity contribution in [2.75, 3.05) is 26.4 Å². The van der Waals surface area contributed by atoms with E-state index < -0.39 is 16.1 Å². The number of nitrogens with one attached hydrogen (secondary N) is 1. The Hall–Kier alpha value is -0.370. The number of aliphatic hydroxyl groups excluding tert-OH is 1. The van der Waals surface area contributed by atoms with Gasteiger partial charge in [-0.3, -0.25) is 4.90 Å². The molecule has 0 amide bonds. The highest BCUT2D eigenvalue weighted by molar-refractivity contribution is 7.88. The van der Waals surface area contributed by atoms with E-state index in [0.717, 1.165) is 17.4 Å². The number of nitrogens with zero attached hydrogens (tertiary/aromatic N) is 1. The van der Waals surface area contributed by atoms with Crippen molar-refractivity contribution in [1.82, 2.24) is 9.62 Å². The van der Waals surface area contributed by atoms with Crippen LogP contribution in [0.4, 0.5) is 0 Å². The maximum Gasteiger partial charge on any atom is 0.208 e. The van der Waals surface area contributed by atoms with Crippen LogP contribution in [0.25, 0.3) is 0 Å². The monoisotopic (exact) mass is 366 g/mol. The van der Waals surface area contributed by atoms with Crippen molar-refractivity contribution < 1.29 is 13.5 Å². The van der Waals surface area contributed by atoms with E-state index in [4.69, 9.17) is 23.2 Å². The molecule has 22 heavy (non-hydrogen) atoms. The third-order valence-electron chi connectivity index (χ3n) is 3.82. The molecule has 0 aliphatic heterocycles. The van der Waals surface area contributed by atoms with Gasteiger partial charge in [0.15, 0.2) is 0 Å². The molecule has 0 bridgehead atoms. The first-order valence-corrected chi connectivity index (χ1v) is 9.64. The van der Waals surface area contributed by atoms with E-state index in [0.29, 0.717) is 36.0 Å². The Balaban J connectivity index is 2.04. The summed E-state index contributed by atoms with van der Waals surface area (Å²) in [6.45, 7) is 1.02. The number of hydrogen-bond acceptors (Lipinski definition) is 4. The van der Waals surface area contributed by atoms with Gasteiger partial charge in [0.1, 0.15) is 0 Å². The summed E-state index contributed by atoms with van der Waals surface area (Å²) in [6, 6.07) is 3.35. The highest BCUT2D eigenvalue weighted by Crippen LogP contribution is 2.40. The fourth-order valence-electron chi connectivity index (χ4n) is 2.89. The van der Waals surface area contributed by atoms with Crippen LogP contribution < -0.4 is 4.72 Å². The molecular weight excluding hydrogens is 347 g/mol. The second-order valence-electron chi connectivity index (χ2n) is 5.67. The van der Waals surface area contributed by atoms with Gasteiger partial charge < -0.3 is 5.11 Å². The van der Waals surface area contributed by atoms with Crippen LogP contribution in [0.15, 0.2) is 12.1 Å². The van der Waals surface area contributed by atoms with Gasteiger partial charge in [0.25, 0.3) is 0 Å². The van der Waals surface area contributed by atoms with Crippen LogP contribution in [0.5, 0.6) is 0 Å². The largest absolute Gasteiger partial charge is 0.391 e. The Bertz CT molecular complexity index is 652. The summed E-state index contributed by atoms with van der Waals surface area (Å²) in [5, 5.41) is 11.5. The number of rotatable bonds is 6. The first-order valence-electron chi connectivity index (χ1n) is 7.00. The summed E-state index contributed by atoms with van der Waals surface area (Å²) in [7, 11) is -1.26. The van der Waals surface area contributed by atoms with Gasteiger partial charge in [0, 0.05) is 23.0 Å². The van der Waals surface area contributed by atoms with Crippen LogP contribution >= 0.6 is 23.2 Å². The zero-order valence-electron chi connectivity index (χ0n) is 12.5. The Morgan fingerprint density at radius 3 is 2.73 bits per heavy atom. The number of hydrogen-bond donors (Lipinski definition) is 2. The molecule has 2 N–H and O–H groups in total. The van der Waals surface area contributed by atoms with Gasteiger partial charge in [-0.25, -0.2) is 13.1 Å². The number of likely N-dealkylation sites (N-methyl/N-ethyl adjacent to an activating group) is 1. The van der Waals surface area contributed by atoms with Gasteiger partial charge in [-0.2, -0.15) is 0 Å². The first kappa shape index (κ1) is 18.0. The smallest absolute Gasteiger partial charge is 0.208 e. The van der Waals surface area contributed by atoms with Gasteiger partial charge >= 0.3 is 0 Å². The topological polar surface area (TPSA) is 69.6 Å². The predicted octanol–water partition coefficient (Wildman–Crippen LogP) is 1.82. The summed E-state index contributed by atoms with van der Waals surface area (Å²) in [5.74, 6) is 0. The Morgan fingerprint density at radius 1 is 1.41 bits per heavy atom. The van der Waals surface area contributed by atoms with Crippen molar-refractivity contribution in [1.29, 1.82) is 0 Å². The van der Waals surface area contributed by atoms with E-state index in [-0.39, 0.29) is 6.04 Å². The van der Waals surface area contributed by atoms with Gasteiger partial charge in [-0.15, -0.1) is 0 Å². The van der Waals surface area contributed by atoms with E-state index in [1.54, 1.807) is 6.07 Å². The fraction of sp³-hybridized carbons (Fsp3) is 0.571. The summed E-state index contributed by atoms with van der Waals surface area (Å²) in [4.78, 5) is 2.01. The molecule has 124 valence electrons. The van der Waals surface area contributed by atoms with Crippen molar-refractivity contribution in [3.05, 3.63) is 33.3 Å². The van der Waals surface area contributed by atoms with Crippen LogP contribution in [0.2, 0.25) is 10.0 Å². The molecule has 0 radical (unpaired) electrons. The first-order chi connectivity index (χ1) is 10.2. The molecule has 0 unspecified atom stereocenters. The lowest BCUT2D eigenvalue weighted by molar-refractivity contribution is 0.0760. The third-order valence-corrected chi connectivity index (χ3v) is 5.10. The lowest BCUT2D eigenvalue weighted by Gasteiger charge is -2.28. The molecule has 0 saturated heterocycles. The van der Waals surface area contributed by atoms with Crippen LogP contribution in [0.1, 0.15) is 23.6 Å². The van der Waals surface area contributed by atoms with Gasteiger partial charge in [0.2, 0.25) is 10.0 Å². The van der Waals surface area contributed by atoms with Gasteiger partial charge in [0.05, 0.1) is 18.4 Å². The molecule has 1 aliphatic carbocycles. The Morgan fingerprint density at radius 2 is 2.09 bits per heavy atom. The molecule has 1 aromatic rings. The van der Waals surface area contributed by atoms with Crippen molar-refractivity contribution in [2.24, 2.45) is 0 Å². The third kappa shape index (κ3) is 4.34. The predicted molar refractivity (Wildman–Crippen MR) is 89.0 cm³/mol. The minimum atomic E-state index is -3.16. The van der Waals surface area contributed by atoms with Crippen molar-refractivity contribution in [3.8, 4) is 0 Å². The summed E-state index contributed by atoms with van der Waals surface area (Å²) in [5.41, 5.74) is 1.88. The number of benzene rings is 1. The van der Waals surface area contributed by atoms with Crippen LogP contribution in [0, 0.1) is 0 Å². The van der Waals surface area contributed by atoms with E-state index in [2.05, 4.69) is 4.72 Å². The molecule has 0 heterocycles. The molecule has 0 spiro atoms. The minimum Gasteiger partial charge on any atom is -0.391 e. The van der Waals surface area contributed by atoms with E-state index in [1.165, 1.54) is 0 Å². The molecular formula is C14H20Cl2N2O3S. The second kappa shape index (κ2) is 7.03. The molecule has 1 aliphatic rings. The normalized spacial score (nSPS) is 21.4. The second-order valence-corrected chi connectivity index (χ2v) is 8.35. The maximum absolute atomic E-state index is 11.0. The summed E-state index contributed by atoms with van der Waals surface area (Å²) >= 11 is 12.3. The summed E-state index contributed by atoms with van der Waals surface area (Å²) in [6.07, 6.45) is 1.74. The Labute approximate surface area is 141 Å². The molecule has 2 rings (SSSR count). The minimum absolute atomic E-state index is 0.176. The SMILES string of the molecule is CN(CCCNS(C)(=O)=O)[C@@H]1c2cc(Cl)cc(Cl)c2C[C@H]1O. The highest BCUT2D eigenvalue weighted by Gasteiger charge is 2.35. The summed E-state index contributed by atoms with van der Waals surface area (Å²) < 4.78 is 24.5. The molecule has 5 nitrogen and oxygen atoms in total. The fourth-order valence-corrected chi connectivity index (χ4v) is 3.99. The molecule has 1 aromatic carbocycles. The zero-order valence-corrected chi connectivity index (χ0v) is 14.8. The standard InChI is InChI=1S/C14H20Cl2N2O3S/c1-18(5-3-4-17-22(2,20)21)14-11-6-9(15)7-12(16)10(11)8-13(14)19/h6-7,13-14,17,19H,3-5,8H2,1-2H3/t13-,14-/m1/s1. The quantitative estimate of drug-likeness (QED) is 0.753. The van der Waals surface area contributed by atoms with Gasteiger partial charge in [-0.1, -0.05) is 23.2 Å². The van der Waals surface area contributed by atoms with E-state index >= 15 is 0 Å². The van der Waals surface area contributed by atoms with Crippen LogP contribution in [-0.2, 0) is 16.4 Å². The molecule has 8 heteroatoms. The maximum atomic E-state index is 11.0. The van der Waals surface area contributed by atoms with Crippen molar-refractivity contribution in [3.63, 3.8) is 0 Å². The molecule has 0 fully saturated rings. The average Bonchev–Trinajstić information content (AvgIpc) is 2.70. The number of halogens is 2. The average molecular weight is 367 g/mol. The van der Waals surface area contributed by atoms with Crippen molar-refractivity contribution in [2.45, 2.75) is 25.0 Å². The lowest BCUT2D eigenvalue weighted by atomic mass is 10.1. The zero-order chi connectivity index (χ0) is 16.5. The highest BCUT2D eigenvalue weighted by atomic mass is 35.5. The molecule has 0 aromatic heterocycles. The Kier molecular flexibility index (Phi) is 5.74. The van der Waals surface area contributed by atoms with Crippen molar-refractivity contribution >= 4 is 33.2 Å². The number of aliphatic hydroxyl groups is 1. The number of fused-ring (bicyclic) bond motifs is 1. The molecule has 0 saturated carbocycles. The van der Waals surface area contributed by atoms with E-state index in [9.17, 15) is 13.5 Å². The van der Waals surface area contributed by atoms with Crippen LogP contribution in [0.3, 0.4) is 0 Å². The van der Waals surface area contributed by atoms with E-state index in [1.807, 2.05) is 18.0 Å². The van der Waals surface area contributed by atoms with Gasteiger partial charge in [-0.05, 0) is 43.3 Å². The molecule has 2 atom stereocenters. The number of sulfonamides is 1.